The van der Waals surface area contributed by atoms with E-state index >= 15 is 0 Å². The van der Waals surface area contributed by atoms with Crippen LogP contribution in [0.2, 0.25) is 0 Å². The number of nitrogens with one attached hydrogen (secondary N) is 1. The molecule has 1 aromatic heterocycles. The Balaban J connectivity index is 1.14. The van der Waals surface area contributed by atoms with Crippen molar-refractivity contribution < 1.29 is 14.3 Å². The molecule has 2 fully saturated rings. The Hall–Kier alpha value is -3.77. The molecule has 0 spiro atoms. The molecule has 12 heteroatoms. The van der Waals surface area contributed by atoms with Gasteiger partial charge in [0, 0.05) is 18.8 Å². The van der Waals surface area contributed by atoms with Gasteiger partial charge in [0.1, 0.15) is 11.9 Å². The zero-order valence-corrected chi connectivity index (χ0v) is 32.7. The highest BCUT2D eigenvalue weighted by molar-refractivity contribution is 8.01. The average Bonchev–Trinajstić information content (AvgIpc) is 3.93. The smallest absolute Gasteiger partial charge is 0.268 e. The molecule has 0 radical (unpaired) electrons. The zero-order valence-electron chi connectivity index (χ0n) is 31.9. The zero-order chi connectivity index (χ0) is 37.0. The molecule has 11 nitrogen and oxygen atoms in total. The summed E-state index contributed by atoms with van der Waals surface area (Å²) in [5, 5.41) is 21.7. The number of amidine groups is 1. The summed E-state index contributed by atoms with van der Waals surface area (Å²) in [6.07, 6.45) is 7.66. The summed E-state index contributed by atoms with van der Waals surface area (Å²) >= 11 is 1.31. The Labute approximate surface area is 313 Å². The van der Waals surface area contributed by atoms with Crippen LogP contribution in [0.25, 0.3) is 5.69 Å². The van der Waals surface area contributed by atoms with E-state index in [2.05, 4.69) is 67.3 Å². The lowest BCUT2D eigenvalue weighted by molar-refractivity contribution is -0.144. The summed E-state index contributed by atoms with van der Waals surface area (Å²) in [4.78, 5) is 29.9. The Morgan fingerprint density at radius 3 is 2.29 bits per heavy atom. The molecule has 1 aliphatic carbocycles. The Morgan fingerprint density at radius 2 is 1.63 bits per heavy atom. The number of nitrogens with zero attached hydrogens (tertiary/aromatic N) is 7. The number of thioether (sulfide) groups is 1. The second-order valence-electron chi connectivity index (χ2n) is 15.9. The number of hydrazone groups is 1. The predicted molar refractivity (Wildman–Crippen MR) is 208 cm³/mol. The molecule has 2 aliphatic heterocycles. The van der Waals surface area contributed by atoms with Crippen LogP contribution in [0.1, 0.15) is 99.8 Å². The molecule has 52 heavy (non-hydrogen) atoms. The minimum absolute atomic E-state index is 0.0453. The number of para-hydroxylation sites is 1. The van der Waals surface area contributed by atoms with Crippen molar-refractivity contribution in [3.63, 3.8) is 0 Å². The number of aromatic nitrogens is 4. The summed E-state index contributed by atoms with van der Waals surface area (Å²) in [5.74, 6) is 1.46. The van der Waals surface area contributed by atoms with E-state index in [1.165, 1.54) is 16.8 Å². The van der Waals surface area contributed by atoms with E-state index in [4.69, 9.17) is 9.84 Å². The first-order valence-electron chi connectivity index (χ1n) is 19.2. The van der Waals surface area contributed by atoms with Crippen molar-refractivity contribution >= 4 is 40.8 Å². The number of ether oxygens (including phenoxy) is 1. The van der Waals surface area contributed by atoms with Crippen molar-refractivity contribution in [1.82, 2.24) is 25.1 Å². The third-order valence-electron chi connectivity index (χ3n) is 12.1. The number of likely N-dealkylation sites (tertiary alicyclic amines) is 1. The lowest BCUT2D eigenvalue weighted by Gasteiger charge is -2.49. The van der Waals surface area contributed by atoms with E-state index < -0.39 is 11.4 Å². The van der Waals surface area contributed by atoms with E-state index in [1.807, 2.05) is 61.5 Å². The van der Waals surface area contributed by atoms with Crippen molar-refractivity contribution in [1.29, 1.82) is 0 Å². The van der Waals surface area contributed by atoms with Crippen LogP contribution in [0.5, 0.6) is 0 Å². The molecule has 1 saturated carbocycles. The first-order chi connectivity index (χ1) is 25.0. The molecule has 5 atom stereocenters. The Kier molecular flexibility index (Phi) is 11.7. The highest BCUT2D eigenvalue weighted by Crippen LogP contribution is 2.50. The summed E-state index contributed by atoms with van der Waals surface area (Å²) in [7, 11) is 0. The quantitative estimate of drug-likeness (QED) is 0.188. The maximum Gasteiger partial charge on any atom is 0.268 e. The number of tetrazole rings is 1. The molecule has 3 aliphatic rings. The van der Waals surface area contributed by atoms with Gasteiger partial charge in [-0.05, 0) is 108 Å². The number of anilines is 2. The molecule has 2 aromatic carbocycles. The fourth-order valence-corrected chi connectivity index (χ4v) is 8.87. The largest absolute Gasteiger partial charge is 0.365 e. The molecule has 6 rings (SSSR count). The SMILES string of the molecule is CCC(OC1CCC(C(C)(C)CC)CC1C(C)(C)CC)C(=O)Nc1ccc(N2N=C(N3CCCC3)C(Sc3nnnn3-c3ccccc3)C2=O)cc1. The molecule has 1 saturated heterocycles. The van der Waals surface area contributed by atoms with Gasteiger partial charge in [-0.15, -0.1) is 5.10 Å². The first-order valence-corrected chi connectivity index (χ1v) is 20.1. The lowest BCUT2D eigenvalue weighted by Crippen LogP contribution is -2.46. The second-order valence-corrected chi connectivity index (χ2v) is 17.0. The van der Waals surface area contributed by atoms with Crippen LogP contribution in [0.3, 0.4) is 0 Å². The van der Waals surface area contributed by atoms with Gasteiger partial charge >= 0.3 is 0 Å². The number of carbonyl (C=O) groups is 2. The van der Waals surface area contributed by atoms with Crippen molar-refractivity contribution in [3.05, 3.63) is 54.6 Å². The van der Waals surface area contributed by atoms with Crippen molar-refractivity contribution in [3.8, 4) is 5.69 Å². The molecule has 1 N–H and O–H groups in total. The minimum Gasteiger partial charge on any atom is -0.365 e. The third kappa shape index (κ3) is 8.07. The number of rotatable bonds is 13. The van der Waals surface area contributed by atoms with Gasteiger partial charge in [0.15, 0.2) is 5.25 Å². The predicted octanol–water partition coefficient (Wildman–Crippen LogP) is 7.97. The highest BCUT2D eigenvalue weighted by atomic mass is 32.2. The standard InChI is InChI=1S/C40H56N8O3S/c1-8-32(51-33-23-18-27(39(4,5)9-2)26-31(33)40(6,7)10-3)36(49)41-28-19-21-30(22-20-28)47-37(50)34(35(43-47)46-24-14-15-25-46)52-38-42-44-45-48(38)29-16-12-11-13-17-29/h11-13,16-17,19-22,27,31-34H,8-10,14-15,18,23-26H2,1-7H3,(H,41,49). The maximum absolute atomic E-state index is 14.0. The Morgan fingerprint density at radius 1 is 0.942 bits per heavy atom. The van der Waals surface area contributed by atoms with Crippen LogP contribution in [0, 0.1) is 22.7 Å². The number of hydrogen-bond acceptors (Lipinski definition) is 9. The van der Waals surface area contributed by atoms with Crippen LogP contribution in [-0.2, 0) is 14.3 Å². The highest BCUT2D eigenvalue weighted by Gasteiger charge is 2.45. The van der Waals surface area contributed by atoms with Gasteiger partial charge in [-0.1, -0.05) is 91.3 Å². The van der Waals surface area contributed by atoms with E-state index in [0.29, 0.717) is 46.0 Å². The molecule has 280 valence electrons. The lowest BCUT2D eigenvalue weighted by atomic mass is 9.60. The molecule has 3 heterocycles. The molecule has 0 bridgehead atoms. The van der Waals surface area contributed by atoms with Gasteiger partial charge in [0.2, 0.25) is 5.16 Å². The normalized spacial score (nSPS) is 23.2. The minimum atomic E-state index is -0.599. The topological polar surface area (TPSA) is 118 Å². The van der Waals surface area contributed by atoms with E-state index in [0.717, 1.165) is 63.7 Å². The van der Waals surface area contributed by atoms with Crippen LogP contribution >= 0.6 is 11.8 Å². The Bertz CT molecular complexity index is 1700. The molecular weight excluding hydrogens is 673 g/mol. The fraction of sp³-hybridized carbons (Fsp3) is 0.600. The van der Waals surface area contributed by atoms with Gasteiger partial charge in [0.05, 0.1) is 17.5 Å². The number of carbonyl (C=O) groups excluding carboxylic acids is 2. The van der Waals surface area contributed by atoms with Crippen molar-refractivity contribution in [2.75, 3.05) is 23.4 Å². The van der Waals surface area contributed by atoms with Gasteiger partial charge in [-0.25, -0.2) is 0 Å². The molecule has 5 unspecified atom stereocenters. The van der Waals surface area contributed by atoms with E-state index in [9.17, 15) is 9.59 Å². The number of hydrogen-bond donors (Lipinski definition) is 1. The van der Waals surface area contributed by atoms with E-state index in [1.54, 1.807) is 4.68 Å². The summed E-state index contributed by atoms with van der Waals surface area (Å²) in [5.41, 5.74) is 2.51. The summed E-state index contributed by atoms with van der Waals surface area (Å²) in [6.45, 7) is 17.8. The van der Waals surface area contributed by atoms with Crippen molar-refractivity contribution in [2.24, 2.45) is 27.8 Å². The van der Waals surface area contributed by atoms with Crippen LogP contribution < -0.4 is 10.3 Å². The summed E-state index contributed by atoms with van der Waals surface area (Å²) in [6, 6.07) is 17.0. The fourth-order valence-electron chi connectivity index (χ4n) is 7.83. The third-order valence-corrected chi connectivity index (χ3v) is 13.2. The molecular formula is C40H56N8O3S. The summed E-state index contributed by atoms with van der Waals surface area (Å²) < 4.78 is 8.38. The van der Waals surface area contributed by atoms with Crippen LogP contribution in [0.15, 0.2) is 64.9 Å². The monoisotopic (exact) mass is 728 g/mol. The second kappa shape index (κ2) is 16.1. The average molecular weight is 729 g/mol. The van der Waals surface area contributed by atoms with Crippen LogP contribution in [0.4, 0.5) is 11.4 Å². The molecule has 2 amide bonds. The van der Waals surface area contributed by atoms with Crippen LogP contribution in [-0.4, -0.2) is 73.3 Å². The van der Waals surface area contributed by atoms with Gasteiger partial charge in [-0.2, -0.15) is 14.8 Å². The van der Waals surface area contributed by atoms with Gasteiger partial charge in [-0.3, -0.25) is 9.59 Å². The van der Waals surface area contributed by atoms with Crippen molar-refractivity contribution in [2.45, 2.75) is 122 Å². The number of benzene rings is 2. The van der Waals surface area contributed by atoms with E-state index in [-0.39, 0.29) is 23.3 Å². The van der Waals surface area contributed by atoms with Gasteiger partial charge in [0.25, 0.3) is 11.8 Å². The number of amides is 2. The first kappa shape index (κ1) is 38.0. The maximum atomic E-state index is 14.0. The molecule has 3 aromatic rings. The van der Waals surface area contributed by atoms with Gasteiger partial charge < -0.3 is 15.0 Å².